The topological polar surface area (TPSA) is 65.0 Å². The Morgan fingerprint density at radius 3 is 2.17 bits per heavy atom. The summed E-state index contributed by atoms with van der Waals surface area (Å²) in [6.45, 7) is 8.67. The van der Waals surface area contributed by atoms with E-state index in [2.05, 4.69) is 0 Å². The lowest BCUT2D eigenvalue weighted by Gasteiger charge is -2.32. The van der Waals surface area contributed by atoms with E-state index in [4.69, 9.17) is 14.2 Å². The number of hydrogen-bond donors (Lipinski definition) is 1. The van der Waals surface area contributed by atoms with Gasteiger partial charge in [0.15, 0.2) is 6.29 Å². The smallest absolute Gasteiger partial charge is 0.315 e. The molecule has 0 spiro atoms. The summed E-state index contributed by atoms with van der Waals surface area (Å²) >= 11 is 0. The Bertz CT molecular complexity index is 531. The lowest BCUT2D eigenvalue weighted by molar-refractivity contribution is -0.188. The van der Waals surface area contributed by atoms with Gasteiger partial charge >= 0.3 is 5.97 Å². The summed E-state index contributed by atoms with van der Waals surface area (Å²) in [5.74, 6) is -0.263. The highest BCUT2D eigenvalue weighted by Crippen LogP contribution is 2.35. The molecule has 1 aromatic rings. The van der Waals surface area contributed by atoms with Gasteiger partial charge < -0.3 is 19.3 Å². The minimum atomic E-state index is -1.19. The fraction of sp³-hybridized carbons (Fsp3) is 0.611. The van der Waals surface area contributed by atoms with Crippen molar-refractivity contribution in [3.8, 4) is 0 Å². The van der Waals surface area contributed by atoms with E-state index >= 15 is 0 Å². The summed E-state index contributed by atoms with van der Waals surface area (Å²) in [7, 11) is 0. The third kappa shape index (κ3) is 3.42. The number of benzene rings is 1. The molecule has 1 aromatic carbocycles. The van der Waals surface area contributed by atoms with Gasteiger partial charge in [0, 0.05) is 0 Å². The lowest BCUT2D eigenvalue weighted by Crippen LogP contribution is -2.40. The molecule has 5 heteroatoms. The van der Waals surface area contributed by atoms with Crippen molar-refractivity contribution in [2.75, 3.05) is 19.8 Å². The van der Waals surface area contributed by atoms with Gasteiger partial charge in [0.25, 0.3) is 0 Å². The molecule has 1 aliphatic heterocycles. The molecule has 1 saturated heterocycles. The molecule has 0 saturated carbocycles. The summed E-state index contributed by atoms with van der Waals surface area (Å²) in [6, 6.07) is 7.35. The standard InChI is InChI=1S/C18H26O5/c1-5-18(20,16-22-11-12-23-16)14-9-7-13(8-10-14)17(3,4)15(19)21-6-2/h7-10,16,20H,5-6,11-12H2,1-4H3. The summed E-state index contributed by atoms with van der Waals surface area (Å²) in [5.41, 5.74) is -0.371. The molecule has 1 fully saturated rings. The van der Waals surface area contributed by atoms with E-state index in [0.29, 0.717) is 26.2 Å². The number of ether oxygens (including phenoxy) is 3. The first-order chi connectivity index (χ1) is 10.9. The molecule has 23 heavy (non-hydrogen) atoms. The number of carbonyl (C=O) groups excluding carboxylic acids is 1. The maximum Gasteiger partial charge on any atom is 0.315 e. The average Bonchev–Trinajstić information content (AvgIpc) is 3.09. The van der Waals surface area contributed by atoms with Gasteiger partial charge in [0.05, 0.1) is 25.2 Å². The Morgan fingerprint density at radius 1 is 1.17 bits per heavy atom. The minimum Gasteiger partial charge on any atom is -0.465 e. The molecule has 2 rings (SSSR count). The van der Waals surface area contributed by atoms with Crippen LogP contribution in [-0.4, -0.2) is 37.2 Å². The number of esters is 1. The molecule has 1 N–H and O–H groups in total. The molecule has 128 valence electrons. The zero-order chi connectivity index (χ0) is 17.1. The van der Waals surface area contributed by atoms with E-state index in [1.807, 2.05) is 45.0 Å². The van der Waals surface area contributed by atoms with Crippen molar-refractivity contribution in [3.05, 3.63) is 35.4 Å². The van der Waals surface area contributed by atoms with E-state index < -0.39 is 17.3 Å². The van der Waals surface area contributed by atoms with Crippen molar-refractivity contribution in [2.45, 2.75) is 51.4 Å². The molecule has 0 aromatic heterocycles. The number of hydrogen-bond acceptors (Lipinski definition) is 5. The van der Waals surface area contributed by atoms with Gasteiger partial charge in [-0.1, -0.05) is 31.2 Å². The van der Waals surface area contributed by atoms with Crippen molar-refractivity contribution < 1.29 is 24.1 Å². The largest absolute Gasteiger partial charge is 0.465 e. The van der Waals surface area contributed by atoms with Crippen LogP contribution in [0.2, 0.25) is 0 Å². The summed E-state index contributed by atoms with van der Waals surface area (Å²) < 4.78 is 16.1. The predicted molar refractivity (Wildman–Crippen MR) is 86.0 cm³/mol. The van der Waals surface area contributed by atoms with Crippen LogP contribution in [0.1, 0.15) is 45.2 Å². The van der Waals surface area contributed by atoms with Crippen LogP contribution >= 0.6 is 0 Å². The van der Waals surface area contributed by atoms with E-state index in [1.165, 1.54) is 0 Å². The molecule has 1 heterocycles. The van der Waals surface area contributed by atoms with E-state index in [9.17, 15) is 9.90 Å². The first-order valence-electron chi connectivity index (χ1n) is 8.10. The highest BCUT2D eigenvalue weighted by atomic mass is 16.7. The molecule has 0 radical (unpaired) electrons. The highest BCUT2D eigenvalue weighted by molar-refractivity contribution is 5.82. The van der Waals surface area contributed by atoms with Crippen LogP contribution in [0.4, 0.5) is 0 Å². The average molecular weight is 322 g/mol. The minimum absolute atomic E-state index is 0.263. The monoisotopic (exact) mass is 322 g/mol. The Morgan fingerprint density at radius 2 is 1.70 bits per heavy atom. The van der Waals surface area contributed by atoms with Gasteiger partial charge in [-0.05, 0) is 38.3 Å². The zero-order valence-corrected chi connectivity index (χ0v) is 14.3. The Kier molecular flexibility index (Phi) is 5.45. The van der Waals surface area contributed by atoms with Crippen molar-refractivity contribution in [3.63, 3.8) is 0 Å². The molecule has 0 amide bonds. The Labute approximate surface area is 137 Å². The van der Waals surface area contributed by atoms with Gasteiger partial charge in [-0.15, -0.1) is 0 Å². The summed E-state index contributed by atoms with van der Waals surface area (Å²) in [6.07, 6.45) is -0.186. The Balaban J connectivity index is 2.26. The molecule has 0 aliphatic carbocycles. The third-order valence-electron chi connectivity index (χ3n) is 4.44. The van der Waals surface area contributed by atoms with Crippen molar-refractivity contribution in [1.82, 2.24) is 0 Å². The maximum absolute atomic E-state index is 12.1. The maximum atomic E-state index is 12.1. The predicted octanol–water partition coefficient (Wildman–Crippen LogP) is 2.50. The quantitative estimate of drug-likeness (QED) is 0.815. The lowest BCUT2D eigenvalue weighted by atomic mass is 9.82. The molecular weight excluding hydrogens is 296 g/mol. The second kappa shape index (κ2) is 6.99. The van der Waals surface area contributed by atoms with Gasteiger partial charge in [-0.3, -0.25) is 4.79 Å². The molecule has 1 unspecified atom stereocenters. The van der Waals surface area contributed by atoms with Gasteiger partial charge in [-0.25, -0.2) is 0 Å². The van der Waals surface area contributed by atoms with Gasteiger partial charge in [-0.2, -0.15) is 0 Å². The summed E-state index contributed by atoms with van der Waals surface area (Å²) in [4.78, 5) is 12.1. The molecule has 1 aliphatic rings. The molecular formula is C18H26O5. The van der Waals surface area contributed by atoms with Crippen LogP contribution < -0.4 is 0 Å². The molecule has 5 nitrogen and oxygen atoms in total. The van der Waals surface area contributed by atoms with Gasteiger partial charge in [0.2, 0.25) is 0 Å². The second-order valence-electron chi connectivity index (χ2n) is 6.27. The zero-order valence-electron chi connectivity index (χ0n) is 14.3. The number of aliphatic hydroxyl groups is 1. The van der Waals surface area contributed by atoms with E-state index in [-0.39, 0.29) is 5.97 Å². The Hall–Kier alpha value is -1.43. The van der Waals surface area contributed by atoms with Gasteiger partial charge in [0.1, 0.15) is 5.60 Å². The third-order valence-corrected chi connectivity index (χ3v) is 4.44. The van der Waals surface area contributed by atoms with Crippen molar-refractivity contribution >= 4 is 5.97 Å². The van der Waals surface area contributed by atoms with Crippen LogP contribution in [0.15, 0.2) is 24.3 Å². The number of carbonyl (C=O) groups is 1. The number of rotatable bonds is 6. The SMILES string of the molecule is CCOC(=O)C(C)(C)c1ccc(C(O)(CC)C2OCCO2)cc1. The van der Waals surface area contributed by atoms with Crippen LogP contribution in [0.25, 0.3) is 0 Å². The van der Waals surface area contributed by atoms with Crippen LogP contribution in [-0.2, 0) is 30.0 Å². The van der Waals surface area contributed by atoms with Crippen molar-refractivity contribution in [2.24, 2.45) is 0 Å². The first kappa shape index (κ1) is 17.9. The molecule has 0 bridgehead atoms. The second-order valence-corrected chi connectivity index (χ2v) is 6.27. The van der Waals surface area contributed by atoms with Crippen LogP contribution in [0.5, 0.6) is 0 Å². The molecule has 1 atom stereocenters. The summed E-state index contributed by atoms with van der Waals surface area (Å²) in [5, 5.41) is 10.9. The van der Waals surface area contributed by atoms with E-state index in [1.54, 1.807) is 6.92 Å². The fourth-order valence-corrected chi connectivity index (χ4v) is 2.75. The normalized spacial score (nSPS) is 18.7. The fourth-order valence-electron chi connectivity index (χ4n) is 2.75. The van der Waals surface area contributed by atoms with E-state index in [0.717, 1.165) is 11.1 Å². The van der Waals surface area contributed by atoms with Crippen LogP contribution in [0, 0.1) is 0 Å². The van der Waals surface area contributed by atoms with Crippen LogP contribution in [0.3, 0.4) is 0 Å². The highest BCUT2D eigenvalue weighted by Gasteiger charge is 2.41. The first-order valence-corrected chi connectivity index (χ1v) is 8.10. The van der Waals surface area contributed by atoms with Crippen molar-refractivity contribution in [1.29, 1.82) is 0 Å².